The Labute approximate surface area is 187 Å². The Kier molecular flexibility index (Phi) is 5.06. The molecule has 2 aromatic carbocycles. The summed E-state index contributed by atoms with van der Waals surface area (Å²) in [6.45, 7) is 1.85. The number of nitrogens with one attached hydrogen (secondary N) is 1. The summed E-state index contributed by atoms with van der Waals surface area (Å²) in [6.07, 6.45) is 4.61. The molecule has 0 aliphatic heterocycles. The summed E-state index contributed by atoms with van der Waals surface area (Å²) >= 11 is 0. The number of nitrogens with zero attached hydrogens (tertiary/aromatic N) is 5. The van der Waals surface area contributed by atoms with Crippen molar-refractivity contribution < 1.29 is 9.50 Å². The van der Waals surface area contributed by atoms with Gasteiger partial charge in [0.2, 0.25) is 0 Å². The topological polar surface area (TPSA) is 97.3 Å². The minimum atomic E-state index is -0.578. The van der Waals surface area contributed by atoms with Crippen LogP contribution >= 0.6 is 0 Å². The molecular weight excluding hydrogens is 423 g/mol. The van der Waals surface area contributed by atoms with Gasteiger partial charge in [-0.3, -0.25) is 9.36 Å². The van der Waals surface area contributed by atoms with Crippen molar-refractivity contribution >= 4 is 11.3 Å². The Balaban J connectivity index is 1.62. The van der Waals surface area contributed by atoms with E-state index in [-0.39, 0.29) is 11.3 Å². The summed E-state index contributed by atoms with van der Waals surface area (Å²) < 4.78 is 17.0. The van der Waals surface area contributed by atoms with Gasteiger partial charge in [-0.15, -0.1) is 0 Å². The Bertz CT molecular complexity index is 1490. The molecule has 1 atom stereocenters. The highest BCUT2D eigenvalue weighted by Gasteiger charge is 2.20. The number of fused-ring (bicyclic) bond motifs is 1. The van der Waals surface area contributed by atoms with Gasteiger partial charge in [0.05, 0.1) is 11.7 Å². The van der Waals surface area contributed by atoms with Crippen molar-refractivity contribution in [2.45, 2.75) is 13.0 Å². The lowest BCUT2D eigenvalue weighted by Gasteiger charge is -2.20. The van der Waals surface area contributed by atoms with Crippen molar-refractivity contribution in [3.05, 3.63) is 101 Å². The molecule has 0 aliphatic rings. The number of benzene rings is 2. The van der Waals surface area contributed by atoms with Crippen LogP contribution in [0.3, 0.4) is 0 Å². The maximum absolute atomic E-state index is 13.9. The molecule has 164 valence electrons. The van der Waals surface area contributed by atoms with E-state index in [9.17, 15) is 14.3 Å². The molecule has 5 aromatic rings. The summed E-state index contributed by atoms with van der Waals surface area (Å²) in [5.74, 6) is 0.0847. The molecule has 0 saturated carbocycles. The molecule has 0 fully saturated rings. The molecule has 0 spiro atoms. The fourth-order valence-corrected chi connectivity index (χ4v) is 3.76. The predicted molar refractivity (Wildman–Crippen MR) is 122 cm³/mol. The number of aromatic nitrogens is 5. The van der Waals surface area contributed by atoms with Crippen molar-refractivity contribution in [3.8, 4) is 22.6 Å². The van der Waals surface area contributed by atoms with Crippen molar-refractivity contribution in [3.63, 3.8) is 0 Å². The first kappa shape index (κ1) is 20.4. The lowest BCUT2D eigenvalue weighted by molar-refractivity contribution is 0.469. The Morgan fingerprint density at radius 1 is 1.09 bits per heavy atom. The molecule has 0 saturated heterocycles. The van der Waals surface area contributed by atoms with E-state index in [1.165, 1.54) is 24.7 Å². The summed E-state index contributed by atoms with van der Waals surface area (Å²) in [5.41, 5.74) is 1.84. The van der Waals surface area contributed by atoms with Crippen LogP contribution in [-0.2, 0) is 0 Å². The second-order valence-electron chi connectivity index (χ2n) is 7.52. The van der Waals surface area contributed by atoms with Crippen molar-refractivity contribution in [1.82, 2.24) is 24.1 Å². The van der Waals surface area contributed by atoms with E-state index in [0.717, 1.165) is 6.07 Å². The molecule has 5 rings (SSSR count). The Hall–Kier alpha value is -4.53. The number of hydrogen-bond donors (Lipinski definition) is 2. The molecule has 3 aromatic heterocycles. The van der Waals surface area contributed by atoms with Crippen LogP contribution in [0.2, 0.25) is 0 Å². The number of para-hydroxylation sites is 1. The van der Waals surface area contributed by atoms with E-state index >= 15 is 0 Å². The standard InChI is InChI=1S/C24H19FN6O2/c1-15(28-22-20(13-26-14-27-22)16-10-17(25)12-19(32)11-16)23-29-30-9-5-8-21(30)24(33)31(23)18-6-3-2-4-7-18/h2-15,32H,1H3,(H,26,27,28)/t15-/m0/s1. The summed E-state index contributed by atoms with van der Waals surface area (Å²) in [5, 5.41) is 17.8. The number of anilines is 1. The largest absolute Gasteiger partial charge is 0.508 e. The van der Waals surface area contributed by atoms with Crippen molar-refractivity contribution in [2.75, 3.05) is 5.32 Å². The normalized spacial score (nSPS) is 12.1. The second kappa shape index (κ2) is 8.19. The number of phenols is 1. The minimum absolute atomic E-state index is 0.203. The number of rotatable bonds is 5. The first-order valence-electron chi connectivity index (χ1n) is 10.2. The summed E-state index contributed by atoms with van der Waals surface area (Å²) in [6, 6.07) is 16.0. The highest BCUT2D eigenvalue weighted by Crippen LogP contribution is 2.31. The van der Waals surface area contributed by atoms with E-state index in [4.69, 9.17) is 0 Å². The summed E-state index contributed by atoms with van der Waals surface area (Å²) in [7, 11) is 0. The molecular formula is C24H19FN6O2. The Morgan fingerprint density at radius 2 is 1.91 bits per heavy atom. The fourth-order valence-electron chi connectivity index (χ4n) is 3.76. The van der Waals surface area contributed by atoms with E-state index < -0.39 is 11.9 Å². The van der Waals surface area contributed by atoms with Gasteiger partial charge in [-0.05, 0) is 48.9 Å². The van der Waals surface area contributed by atoms with Crippen LogP contribution in [-0.4, -0.2) is 29.3 Å². The quantitative estimate of drug-likeness (QED) is 0.428. The van der Waals surface area contributed by atoms with Gasteiger partial charge in [-0.2, -0.15) is 5.10 Å². The lowest BCUT2D eigenvalue weighted by atomic mass is 10.1. The van der Waals surface area contributed by atoms with Crippen LogP contribution in [0.4, 0.5) is 10.2 Å². The fraction of sp³-hybridized carbons (Fsp3) is 0.0833. The molecule has 0 amide bonds. The van der Waals surface area contributed by atoms with Gasteiger partial charge in [0.15, 0.2) is 5.82 Å². The molecule has 0 aliphatic carbocycles. The number of phenolic OH excluding ortho intramolecular Hbond substituents is 1. The molecule has 33 heavy (non-hydrogen) atoms. The van der Waals surface area contributed by atoms with Crippen LogP contribution < -0.4 is 10.9 Å². The monoisotopic (exact) mass is 442 g/mol. The van der Waals surface area contributed by atoms with Gasteiger partial charge in [-0.25, -0.2) is 18.9 Å². The summed E-state index contributed by atoms with van der Waals surface area (Å²) in [4.78, 5) is 21.7. The molecule has 9 heteroatoms. The smallest absolute Gasteiger partial charge is 0.282 e. The molecule has 2 N–H and O–H groups in total. The van der Waals surface area contributed by atoms with Crippen LogP contribution in [0.5, 0.6) is 5.75 Å². The Morgan fingerprint density at radius 3 is 2.70 bits per heavy atom. The third-order valence-electron chi connectivity index (χ3n) is 5.25. The predicted octanol–water partition coefficient (Wildman–Crippen LogP) is 3.96. The van der Waals surface area contributed by atoms with Crippen LogP contribution in [0.25, 0.3) is 22.3 Å². The molecule has 0 bridgehead atoms. The zero-order valence-corrected chi connectivity index (χ0v) is 17.6. The van der Waals surface area contributed by atoms with Crippen LogP contribution in [0.1, 0.15) is 18.8 Å². The van der Waals surface area contributed by atoms with Gasteiger partial charge in [-0.1, -0.05) is 18.2 Å². The number of aromatic hydroxyl groups is 1. The van der Waals surface area contributed by atoms with E-state index in [2.05, 4.69) is 20.4 Å². The highest BCUT2D eigenvalue weighted by molar-refractivity contribution is 5.75. The van der Waals surface area contributed by atoms with E-state index in [1.54, 1.807) is 27.4 Å². The molecule has 0 unspecified atom stereocenters. The molecule has 8 nitrogen and oxygen atoms in total. The number of halogens is 1. The van der Waals surface area contributed by atoms with Crippen molar-refractivity contribution in [2.24, 2.45) is 0 Å². The van der Waals surface area contributed by atoms with Gasteiger partial charge >= 0.3 is 0 Å². The van der Waals surface area contributed by atoms with Gasteiger partial charge in [0.25, 0.3) is 5.56 Å². The first-order chi connectivity index (χ1) is 16.0. The SMILES string of the molecule is C[C@H](Nc1ncncc1-c1cc(O)cc(F)c1)c1nn2cccc2c(=O)n1-c1ccccc1. The zero-order valence-electron chi connectivity index (χ0n) is 17.6. The lowest BCUT2D eigenvalue weighted by Crippen LogP contribution is -2.29. The molecule has 3 heterocycles. The first-order valence-corrected chi connectivity index (χ1v) is 10.2. The average Bonchev–Trinajstić information content (AvgIpc) is 3.28. The molecule has 0 radical (unpaired) electrons. The van der Waals surface area contributed by atoms with Gasteiger partial charge in [0.1, 0.15) is 29.2 Å². The maximum Gasteiger partial charge on any atom is 0.282 e. The number of hydrogen-bond acceptors (Lipinski definition) is 6. The van der Waals surface area contributed by atoms with Gasteiger partial charge in [0, 0.05) is 24.0 Å². The third kappa shape index (κ3) is 3.80. The average molecular weight is 442 g/mol. The minimum Gasteiger partial charge on any atom is -0.508 e. The van der Waals surface area contributed by atoms with E-state index in [1.807, 2.05) is 37.3 Å². The highest BCUT2D eigenvalue weighted by atomic mass is 19.1. The third-order valence-corrected chi connectivity index (χ3v) is 5.25. The second-order valence-corrected chi connectivity index (χ2v) is 7.52. The zero-order chi connectivity index (χ0) is 22.9. The van der Waals surface area contributed by atoms with Gasteiger partial charge < -0.3 is 10.4 Å². The van der Waals surface area contributed by atoms with Crippen LogP contribution in [0.15, 0.2) is 84.2 Å². The maximum atomic E-state index is 13.9. The van der Waals surface area contributed by atoms with Crippen LogP contribution in [0, 0.1) is 5.82 Å². The van der Waals surface area contributed by atoms with E-state index in [0.29, 0.717) is 34.0 Å². The van der Waals surface area contributed by atoms with Crippen molar-refractivity contribution in [1.29, 1.82) is 0 Å².